The first-order valence-corrected chi connectivity index (χ1v) is 8.28. The highest BCUT2D eigenvalue weighted by atomic mass is 32.2. The lowest BCUT2D eigenvalue weighted by Crippen LogP contribution is -2.38. The lowest BCUT2D eigenvalue weighted by atomic mass is 10.1. The van der Waals surface area contributed by atoms with E-state index in [2.05, 4.69) is 16.8 Å². The maximum atomic E-state index is 12.5. The number of aliphatic hydroxyl groups excluding tert-OH is 1. The van der Waals surface area contributed by atoms with E-state index in [1.807, 2.05) is 0 Å². The molecule has 1 unspecified atom stereocenters. The van der Waals surface area contributed by atoms with Crippen molar-refractivity contribution in [3.05, 3.63) is 29.6 Å². The largest absolute Gasteiger partial charge is 0.384 e. The molecule has 1 aromatic heterocycles. The molecule has 2 rings (SSSR count). The molecule has 1 atom stereocenters. The summed E-state index contributed by atoms with van der Waals surface area (Å²) in [5.74, 6) is 4.98. The molecule has 112 valence electrons. The predicted octanol–water partition coefficient (Wildman–Crippen LogP) is -0.315. The van der Waals surface area contributed by atoms with Gasteiger partial charge in [-0.3, -0.25) is 9.78 Å². The lowest BCUT2D eigenvalue weighted by Gasteiger charge is -2.23. The quantitative estimate of drug-likeness (QED) is 0.757. The van der Waals surface area contributed by atoms with Crippen LogP contribution in [0.4, 0.5) is 0 Å². The van der Waals surface area contributed by atoms with Crippen LogP contribution in [0.5, 0.6) is 0 Å². The Morgan fingerprint density at radius 2 is 2.33 bits per heavy atom. The second-order valence-electron chi connectivity index (χ2n) is 4.85. The van der Waals surface area contributed by atoms with Crippen LogP contribution in [0.3, 0.4) is 0 Å². The van der Waals surface area contributed by atoms with E-state index in [-0.39, 0.29) is 30.1 Å². The number of nitrogens with zero attached hydrogens (tertiary/aromatic N) is 2. The van der Waals surface area contributed by atoms with Crippen molar-refractivity contribution >= 4 is 15.7 Å². The zero-order chi connectivity index (χ0) is 15.5. The van der Waals surface area contributed by atoms with E-state index in [1.165, 1.54) is 17.3 Å². The molecule has 1 saturated heterocycles. The fourth-order valence-corrected chi connectivity index (χ4v) is 4.03. The van der Waals surface area contributed by atoms with E-state index >= 15 is 0 Å². The van der Waals surface area contributed by atoms with Crippen LogP contribution in [0.15, 0.2) is 18.5 Å². The molecule has 0 radical (unpaired) electrons. The molecule has 1 aromatic rings. The van der Waals surface area contributed by atoms with Crippen molar-refractivity contribution in [3.63, 3.8) is 0 Å². The minimum Gasteiger partial charge on any atom is -0.384 e. The van der Waals surface area contributed by atoms with Gasteiger partial charge in [-0.1, -0.05) is 11.8 Å². The highest BCUT2D eigenvalue weighted by Crippen LogP contribution is 2.19. The molecule has 0 spiro atoms. The Bertz CT molecular complexity index is 703. The summed E-state index contributed by atoms with van der Waals surface area (Å²) in [5, 5.41) is 8.74. The zero-order valence-electron chi connectivity index (χ0n) is 11.6. The van der Waals surface area contributed by atoms with E-state index < -0.39 is 9.84 Å². The average Bonchev–Trinajstić information content (AvgIpc) is 2.84. The molecule has 0 aromatic carbocycles. The maximum Gasteiger partial charge on any atom is 0.255 e. The Balaban J connectivity index is 2.24. The minimum absolute atomic E-state index is 0.00201. The number of amides is 1. The van der Waals surface area contributed by atoms with Gasteiger partial charge in [0, 0.05) is 25.5 Å². The molecule has 0 aliphatic carbocycles. The van der Waals surface area contributed by atoms with Crippen LogP contribution in [-0.4, -0.2) is 60.5 Å². The van der Waals surface area contributed by atoms with Crippen LogP contribution < -0.4 is 0 Å². The Morgan fingerprint density at radius 1 is 1.57 bits per heavy atom. The fourth-order valence-electron chi connectivity index (χ4n) is 2.25. The van der Waals surface area contributed by atoms with Crippen LogP contribution >= 0.6 is 0 Å². The van der Waals surface area contributed by atoms with Crippen molar-refractivity contribution in [1.82, 2.24) is 9.88 Å². The summed E-state index contributed by atoms with van der Waals surface area (Å²) in [6.07, 6.45) is 3.39. The second-order valence-corrected chi connectivity index (χ2v) is 7.08. The Hall–Kier alpha value is -1.91. The monoisotopic (exact) mass is 308 g/mol. The van der Waals surface area contributed by atoms with Crippen LogP contribution in [-0.2, 0) is 9.84 Å². The second kappa shape index (κ2) is 6.24. The van der Waals surface area contributed by atoms with Crippen LogP contribution in [0, 0.1) is 11.8 Å². The fraction of sp³-hybridized carbons (Fsp3) is 0.429. The molecular weight excluding hydrogens is 292 g/mol. The van der Waals surface area contributed by atoms with Gasteiger partial charge in [0.15, 0.2) is 9.84 Å². The number of pyridine rings is 1. The van der Waals surface area contributed by atoms with E-state index in [4.69, 9.17) is 5.11 Å². The number of carbonyl (C=O) groups is 1. The molecule has 7 heteroatoms. The third-order valence-corrected chi connectivity index (χ3v) is 5.18. The molecule has 2 heterocycles. The Morgan fingerprint density at radius 3 is 2.95 bits per heavy atom. The summed E-state index contributed by atoms with van der Waals surface area (Å²) in [7, 11) is -1.45. The van der Waals surface area contributed by atoms with Gasteiger partial charge in [-0.15, -0.1) is 0 Å². The first-order chi connectivity index (χ1) is 9.94. The summed E-state index contributed by atoms with van der Waals surface area (Å²) in [6.45, 7) is -0.306. The van der Waals surface area contributed by atoms with Gasteiger partial charge >= 0.3 is 0 Å². The Kier molecular flexibility index (Phi) is 4.60. The van der Waals surface area contributed by atoms with Crippen molar-refractivity contribution in [2.75, 3.05) is 25.2 Å². The summed E-state index contributed by atoms with van der Waals surface area (Å²) in [5.41, 5.74) is 0.780. The highest BCUT2D eigenvalue weighted by molar-refractivity contribution is 7.91. The minimum atomic E-state index is -3.05. The third-order valence-electron chi connectivity index (χ3n) is 3.43. The van der Waals surface area contributed by atoms with Crippen LogP contribution in [0.1, 0.15) is 22.3 Å². The van der Waals surface area contributed by atoms with Crippen molar-refractivity contribution in [3.8, 4) is 11.8 Å². The average molecular weight is 308 g/mol. The molecule has 0 saturated carbocycles. The topological polar surface area (TPSA) is 87.6 Å². The van der Waals surface area contributed by atoms with Gasteiger partial charge in [0.1, 0.15) is 6.61 Å². The first kappa shape index (κ1) is 15.5. The van der Waals surface area contributed by atoms with Crippen molar-refractivity contribution in [2.24, 2.45) is 0 Å². The molecule has 6 nitrogen and oxygen atoms in total. The van der Waals surface area contributed by atoms with Gasteiger partial charge in [-0.25, -0.2) is 8.42 Å². The molecule has 1 aliphatic rings. The smallest absolute Gasteiger partial charge is 0.255 e. The Labute approximate surface area is 123 Å². The van der Waals surface area contributed by atoms with Gasteiger partial charge in [0.2, 0.25) is 0 Å². The SMILES string of the molecule is CN(C(=O)c1ccncc1C#CCO)C1CCS(=O)(=O)C1. The standard InChI is InChI=1S/C14H16N2O4S/c1-16(12-5-8-21(19,20)10-12)14(18)13-4-6-15-9-11(13)3-2-7-17/h4,6,9,12,17H,5,7-8,10H2,1H3. The first-order valence-electron chi connectivity index (χ1n) is 6.46. The summed E-state index contributed by atoms with van der Waals surface area (Å²) in [6, 6.07) is 1.23. The summed E-state index contributed by atoms with van der Waals surface area (Å²) >= 11 is 0. The molecule has 21 heavy (non-hydrogen) atoms. The van der Waals surface area contributed by atoms with Gasteiger partial charge in [0.25, 0.3) is 5.91 Å². The number of rotatable bonds is 2. The third kappa shape index (κ3) is 3.60. The van der Waals surface area contributed by atoms with Gasteiger partial charge < -0.3 is 10.0 Å². The van der Waals surface area contributed by atoms with Gasteiger partial charge in [-0.05, 0) is 12.5 Å². The predicted molar refractivity (Wildman–Crippen MR) is 77.4 cm³/mol. The summed E-state index contributed by atoms with van der Waals surface area (Å²) < 4.78 is 23.0. The van der Waals surface area contributed by atoms with Crippen molar-refractivity contribution in [2.45, 2.75) is 12.5 Å². The summed E-state index contributed by atoms with van der Waals surface area (Å²) in [4.78, 5) is 17.9. The van der Waals surface area contributed by atoms with Gasteiger partial charge in [-0.2, -0.15) is 0 Å². The molecule has 1 aliphatic heterocycles. The number of aliphatic hydroxyl groups is 1. The van der Waals surface area contributed by atoms with E-state index in [9.17, 15) is 13.2 Å². The molecule has 1 fully saturated rings. The van der Waals surface area contributed by atoms with Crippen LogP contribution in [0.2, 0.25) is 0 Å². The normalized spacial score (nSPS) is 19.6. The molecule has 0 bridgehead atoms. The van der Waals surface area contributed by atoms with E-state index in [1.54, 1.807) is 13.1 Å². The number of hydrogen-bond acceptors (Lipinski definition) is 5. The van der Waals surface area contributed by atoms with Crippen LogP contribution in [0.25, 0.3) is 0 Å². The van der Waals surface area contributed by atoms with E-state index in [0.717, 1.165) is 0 Å². The van der Waals surface area contributed by atoms with Crippen molar-refractivity contribution < 1.29 is 18.3 Å². The lowest BCUT2D eigenvalue weighted by molar-refractivity contribution is 0.0747. The molecular formula is C14H16N2O4S. The zero-order valence-corrected chi connectivity index (χ0v) is 12.4. The van der Waals surface area contributed by atoms with E-state index in [0.29, 0.717) is 17.5 Å². The van der Waals surface area contributed by atoms with Gasteiger partial charge in [0.05, 0.1) is 22.6 Å². The number of sulfone groups is 1. The number of carbonyl (C=O) groups excluding carboxylic acids is 1. The number of aromatic nitrogens is 1. The molecule has 1 amide bonds. The molecule has 1 N–H and O–H groups in total. The highest BCUT2D eigenvalue weighted by Gasteiger charge is 2.33. The number of hydrogen-bond donors (Lipinski definition) is 1. The maximum absolute atomic E-state index is 12.5. The van der Waals surface area contributed by atoms with Crippen molar-refractivity contribution in [1.29, 1.82) is 0 Å².